The Balaban J connectivity index is 1.88. The van der Waals surface area contributed by atoms with Gasteiger partial charge in [0.25, 0.3) is 0 Å². The number of benzene rings is 2. The van der Waals surface area contributed by atoms with Gasteiger partial charge in [-0.3, -0.25) is 0 Å². The minimum absolute atomic E-state index is 0.331. The van der Waals surface area contributed by atoms with Gasteiger partial charge >= 0.3 is 5.97 Å². The molecule has 6 heteroatoms. The van der Waals surface area contributed by atoms with Gasteiger partial charge in [-0.1, -0.05) is 79.8 Å². The van der Waals surface area contributed by atoms with Gasteiger partial charge in [0, 0.05) is 0 Å². The lowest BCUT2D eigenvalue weighted by Gasteiger charge is -2.26. The van der Waals surface area contributed by atoms with Crippen molar-refractivity contribution in [3.63, 3.8) is 0 Å². The van der Waals surface area contributed by atoms with Crippen molar-refractivity contribution >= 4 is 5.97 Å². The molecule has 2 aromatic carbocycles. The summed E-state index contributed by atoms with van der Waals surface area (Å²) in [6.07, 6.45) is 3.14. The van der Waals surface area contributed by atoms with E-state index in [1.807, 2.05) is 68.5 Å². The van der Waals surface area contributed by atoms with Gasteiger partial charge in [-0.25, -0.2) is 4.79 Å². The highest BCUT2D eigenvalue weighted by atomic mass is 16.7. The summed E-state index contributed by atoms with van der Waals surface area (Å²) >= 11 is 0. The SMILES string of the molecule is C\C=C/C(=C\C=C/CC)C(OC(=O)c1ccc(-c2ccccc2)cc1)C1OC(O)C(O)C1O. The molecule has 2 aromatic rings. The molecule has 1 fully saturated rings. The van der Waals surface area contributed by atoms with E-state index in [0.717, 1.165) is 17.5 Å². The summed E-state index contributed by atoms with van der Waals surface area (Å²) < 4.78 is 11.2. The fourth-order valence-electron chi connectivity index (χ4n) is 3.63. The zero-order chi connectivity index (χ0) is 23.8. The van der Waals surface area contributed by atoms with Gasteiger partial charge in [0.05, 0.1) is 5.56 Å². The molecule has 33 heavy (non-hydrogen) atoms. The van der Waals surface area contributed by atoms with Crippen LogP contribution in [0.4, 0.5) is 0 Å². The summed E-state index contributed by atoms with van der Waals surface area (Å²) in [5.41, 5.74) is 2.88. The topological polar surface area (TPSA) is 96.2 Å². The molecular formula is C27H30O6. The second kappa shape index (κ2) is 11.7. The van der Waals surface area contributed by atoms with Crippen LogP contribution in [0.15, 0.2) is 90.6 Å². The van der Waals surface area contributed by atoms with Crippen LogP contribution in [0.3, 0.4) is 0 Å². The maximum absolute atomic E-state index is 13.0. The van der Waals surface area contributed by atoms with Crippen LogP contribution in [0.2, 0.25) is 0 Å². The molecule has 0 spiro atoms. The molecule has 6 nitrogen and oxygen atoms in total. The first-order valence-corrected chi connectivity index (χ1v) is 11.0. The highest BCUT2D eigenvalue weighted by molar-refractivity contribution is 5.90. The predicted octanol–water partition coefficient (Wildman–Crippen LogP) is 3.79. The van der Waals surface area contributed by atoms with Crippen molar-refractivity contribution in [2.45, 2.75) is 51.0 Å². The van der Waals surface area contributed by atoms with Crippen LogP contribution in [0.1, 0.15) is 30.6 Å². The highest BCUT2D eigenvalue weighted by Crippen LogP contribution is 2.29. The Morgan fingerprint density at radius 3 is 2.27 bits per heavy atom. The molecule has 5 unspecified atom stereocenters. The molecule has 174 valence electrons. The predicted molar refractivity (Wildman–Crippen MR) is 126 cm³/mol. The van der Waals surface area contributed by atoms with E-state index in [1.165, 1.54) is 0 Å². The molecule has 1 aliphatic heterocycles. The summed E-state index contributed by atoms with van der Waals surface area (Å²) in [7, 11) is 0. The van der Waals surface area contributed by atoms with Gasteiger partial charge < -0.3 is 24.8 Å². The molecule has 0 aliphatic carbocycles. The van der Waals surface area contributed by atoms with E-state index in [1.54, 1.807) is 30.4 Å². The van der Waals surface area contributed by atoms with E-state index in [4.69, 9.17) is 9.47 Å². The third kappa shape index (κ3) is 6.06. The van der Waals surface area contributed by atoms with E-state index in [0.29, 0.717) is 11.1 Å². The van der Waals surface area contributed by atoms with E-state index in [-0.39, 0.29) is 0 Å². The van der Waals surface area contributed by atoms with E-state index >= 15 is 0 Å². The van der Waals surface area contributed by atoms with Crippen molar-refractivity contribution in [3.05, 3.63) is 96.1 Å². The van der Waals surface area contributed by atoms with Crippen LogP contribution in [0.25, 0.3) is 11.1 Å². The van der Waals surface area contributed by atoms with Gasteiger partial charge in [-0.05, 0) is 42.2 Å². The fraction of sp³-hybridized carbons (Fsp3) is 0.296. The Bertz CT molecular complexity index is 993. The number of allylic oxidation sites excluding steroid dienone is 4. The average Bonchev–Trinajstić information content (AvgIpc) is 3.10. The molecule has 5 atom stereocenters. The number of esters is 1. The third-order valence-electron chi connectivity index (χ3n) is 5.38. The second-order valence-corrected chi connectivity index (χ2v) is 7.74. The first-order valence-electron chi connectivity index (χ1n) is 11.0. The number of hydrogen-bond acceptors (Lipinski definition) is 6. The molecule has 0 amide bonds. The molecule has 1 aliphatic rings. The maximum atomic E-state index is 13.0. The summed E-state index contributed by atoms with van der Waals surface area (Å²) in [5, 5.41) is 30.3. The van der Waals surface area contributed by atoms with Crippen LogP contribution >= 0.6 is 0 Å². The third-order valence-corrected chi connectivity index (χ3v) is 5.38. The van der Waals surface area contributed by atoms with Crippen LogP contribution in [-0.2, 0) is 9.47 Å². The second-order valence-electron chi connectivity index (χ2n) is 7.74. The van der Waals surface area contributed by atoms with Crippen LogP contribution in [0, 0.1) is 0 Å². The van der Waals surface area contributed by atoms with Crippen molar-refractivity contribution < 1.29 is 29.6 Å². The Morgan fingerprint density at radius 1 is 1.03 bits per heavy atom. The van der Waals surface area contributed by atoms with Crippen molar-refractivity contribution in [1.82, 2.24) is 0 Å². The number of carbonyl (C=O) groups is 1. The van der Waals surface area contributed by atoms with Crippen molar-refractivity contribution in [1.29, 1.82) is 0 Å². The smallest absolute Gasteiger partial charge is 0.338 e. The minimum atomic E-state index is -1.57. The first kappa shape index (κ1) is 24.6. The fourth-order valence-corrected chi connectivity index (χ4v) is 3.63. The van der Waals surface area contributed by atoms with Crippen molar-refractivity contribution in [2.24, 2.45) is 0 Å². The van der Waals surface area contributed by atoms with Gasteiger partial charge in [-0.15, -0.1) is 0 Å². The Labute approximate surface area is 194 Å². The standard InChI is InChI=1S/C27H30O6/c1-3-5-7-13-20(10-4-2)24(25-22(28)23(29)27(31)33-25)32-26(30)21-16-14-19(15-17-21)18-11-8-6-9-12-18/h4-17,22-25,27-29,31H,3H2,1-2H3/b7-5-,10-4-,20-13+. The number of carbonyl (C=O) groups excluding carboxylic acids is 1. The quantitative estimate of drug-likeness (QED) is 0.418. The van der Waals surface area contributed by atoms with Crippen molar-refractivity contribution in [2.75, 3.05) is 0 Å². The molecular weight excluding hydrogens is 420 g/mol. The zero-order valence-corrected chi connectivity index (χ0v) is 18.7. The molecule has 0 saturated carbocycles. The molecule has 0 aromatic heterocycles. The number of ether oxygens (including phenoxy) is 2. The Morgan fingerprint density at radius 2 is 1.70 bits per heavy atom. The Kier molecular flexibility index (Phi) is 8.74. The summed E-state index contributed by atoms with van der Waals surface area (Å²) in [6, 6.07) is 16.8. The lowest BCUT2D eigenvalue weighted by Crippen LogP contribution is -2.42. The number of rotatable bonds is 8. The summed E-state index contributed by atoms with van der Waals surface area (Å²) in [5.74, 6) is -0.610. The molecule has 0 bridgehead atoms. The van der Waals surface area contributed by atoms with E-state index < -0.39 is 36.7 Å². The average molecular weight is 451 g/mol. The van der Waals surface area contributed by atoms with E-state index in [9.17, 15) is 20.1 Å². The van der Waals surface area contributed by atoms with Crippen LogP contribution in [-0.4, -0.2) is 52.0 Å². The molecule has 3 rings (SSSR count). The number of aliphatic hydroxyl groups excluding tert-OH is 3. The minimum Gasteiger partial charge on any atom is -0.451 e. The molecule has 3 N–H and O–H groups in total. The normalized spacial score (nSPS) is 24.5. The van der Waals surface area contributed by atoms with Gasteiger partial charge in [-0.2, -0.15) is 0 Å². The first-order chi connectivity index (χ1) is 16.0. The Hall–Kier alpha value is -3.03. The molecule has 1 heterocycles. The van der Waals surface area contributed by atoms with Gasteiger partial charge in [0.15, 0.2) is 12.4 Å². The van der Waals surface area contributed by atoms with Crippen LogP contribution in [0.5, 0.6) is 0 Å². The van der Waals surface area contributed by atoms with Gasteiger partial charge in [0.2, 0.25) is 0 Å². The molecule has 1 saturated heterocycles. The lowest BCUT2D eigenvalue weighted by atomic mass is 9.97. The largest absolute Gasteiger partial charge is 0.451 e. The maximum Gasteiger partial charge on any atom is 0.338 e. The monoisotopic (exact) mass is 450 g/mol. The lowest BCUT2D eigenvalue weighted by molar-refractivity contribution is -0.142. The zero-order valence-electron chi connectivity index (χ0n) is 18.7. The molecule has 0 radical (unpaired) electrons. The van der Waals surface area contributed by atoms with Crippen molar-refractivity contribution in [3.8, 4) is 11.1 Å². The number of hydrogen-bond donors (Lipinski definition) is 3. The summed E-state index contributed by atoms with van der Waals surface area (Å²) in [4.78, 5) is 13.0. The number of aliphatic hydroxyl groups is 3. The van der Waals surface area contributed by atoms with E-state index in [2.05, 4.69) is 0 Å². The van der Waals surface area contributed by atoms with Crippen LogP contribution < -0.4 is 0 Å². The van der Waals surface area contributed by atoms with Gasteiger partial charge in [0.1, 0.15) is 18.3 Å². The highest BCUT2D eigenvalue weighted by Gasteiger charge is 2.47. The summed E-state index contributed by atoms with van der Waals surface area (Å²) in [6.45, 7) is 3.81.